The van der Waals surface area contributed by atoms with Crippen LogP contribution in [0, 0.1) is 0 Å². The van der Waals surface area contributed by atoms with Crippen LogP contribution in [0.2, 0.25) is 5.02 Å². The van der Waals surface area contributed by atoms with Gasteiger partial charge in [-0.2, -0.15) is 0 Å². The van der Waals surface area contributed by atoms with E-state index in [0.29, 0.717) is 16.3 Å². The minimum atomic E-state index is -0.145. The van der Waals surface area contributed by atoms with Crippen LogP contribution < -0.4 is 10.6 Å². The zero-order valence-electron chi connectivity index (χ0n) is 13.5. The normalized spacial score (nSPS) is 11.0. The summed E-state index contributed by atoms with van der Waals surface area (Å²) in [4.78, 5) is 11.5. The van der Waals surface area contributed by atoms with Gasteiger partial charge in [-0.25, -0.2) is 0 Å². The van der Waals surface area contributed by atoms with Gasteiger partial charge in [0.2, 0.25) is 5.91 Å². The monoisotopic (exact) mass is 350 g/mol. The summed E-state index contributed by atoms with van der Waals surface area (Å²) in [5.41, 5.74) is 3.71. The highest BCUT2D eigenvalue weighted by atomic mass is 35.5. The number of nitrogens with one attached hydrogen (secondary N) is 2. The van der Waals surface area contributed by atoms with E-state index in [4.69, 9.17) is 16.0 Å². The Kier molecular flexibility index (Phi) is 3.82. The van der Waals surface area contributed by atoms with Crippen molar-refractivity contribution in [2.45, 2.75) is 6.92 Å². The molecule has 4 rings (SSSR count). The van der Waals surface area contributed by atoms with E-state index < -0.39 is 0 Å². The molecule has 1 heterocycles. The Labute approximate surface area is 149 Å². The van der Waals surface area contributed by atoms with Crippen LogP contribution in [0.1, 0.15) is 6.92 Å². The van der Waals surface area contributed by atoms with Gasteiger partial charge in [-0.05, 0) is 30.3 Å². The number of benzene rings is 3. The van der Waals surface area contributed by atoms with E-state index in [1.165, 1.54) is 6.92 Å². The van der Waals surface area contributed by atoms with E-state index >= 15 is 0 Å². The lowest BCUT2D eigenvalue weighted by Gasteiger charge is -2.11. The fourth-order valence-corrected chi connectivity index (χ4v) is 3.11. The van der Waals surface area contributed by atoms with Crippen LogP contribution in [0.4, 0.5) is 17.1 Å². The van der Waals surface area contributed by atoms with Gasteiger partial charge < -0.3 is 15.1 Å². The Balaban J connectivity index is 1.95. The summed E-state index contributed by atoms with van der Waals surface area (Å²) in [5.74, 6) is -0.145. The van der Waals surface area contributed by atoms with Gasteiger partial charge in [0.05, 0.1) is 27.5 Å². The van der Waals surface area contributed by atoms with Gasteiger partial charge >= 0.3 is 0 Å². The summed E-state index contributed by atoms with van der Waals surface area (Å²) in [6, 6.07) is 19.1. The van der Waals surface area contributed by atoms with Crippen molar-refractivity contribution in [1.29, 1.82) is 0 Å². The third-order valence-electron chi connectivity index (χ3n) is 3.98. The molecular formula is C20H15ClN2O2. The van der Waals surface area contributed by atoms with Crippen LogP contribution in [0.3, 0.4) is 0 Å². The second-order valence-electron chi connectivity index (χ2n) is 5.75. The van der Waals surface area contributed by atoms with Crippen LogP contribution in [0.5, 0.6) is 0 Å². The summed E-state index contributed by atoms with van der Waals surface area (Å²) in [6.45, 7) is 1.48. The summed E-state index contributed by atoms with van der Waals surface area (Å²) in [6.07, 6.45) is 0. The topological polar surface area (TPSA) is 54.3 Å². The molecule has 0 aliphatic heterocycles. The van der Waals surface area contributed by atoms with Crippen molar-refractivity contribution >= 4 is 56.5 Å². The number of para-hydroxylation sites is 2. The smallest absolute Gasteiger partial charge is 0.221 e. The number of halogens is 1. The van der Waals surface area contributed by atoms with Gasteiger partial charge in [0.15, 0.2) is 5.58 Å². The lowest BCUT2D eigenvalue weighted by molar-refractivity contribution is -0.114. The van der Waals surface area contributed by atoms with Gasteiger partial charge in [0.1, 0.15) is 5.58 Å². The van der Waals surface area contributed by atoms with Crippen LogP contribution in [0.25, 0.3) is 21.9 Å². The number of furan rings is 1. The van der Waals surface area contributed by atoms with E-state index in [2.05, 4.69) is 10.6 Å². The van der Waals surface area contributed by atoms with Crippen molar-refractivity contribution in [2.75, 3.05) is 10.6 Å². The average Bonchev–Trinajstić information content (AvgIpc) is 2.99. The molecule has 0 spiro atoms. The zero-order chi connectivity index (χ0) is 17.4. The van der Waals surface area contributed by atoms with E-state index in [1.54, 1.807) is 0 Å². The highest BCUT2D eigenvalue weighted by Gasteiger charge is 2.16. The second-order valence-corrected chi connectivity index (χ2v) is 6.16. The number of hydrogen-bond donors (Lipinski definition) is 2. The third-order valence-corrected chi connectivity index (χ3v) is 4.31. The molecule has 0 aliphatic rings. The molecule has 0 saturated carbocycles. The van der Waals surface area contributed by atoms with Crippen LogP contribution in [-0.2, 0) is 4.79 Å². The number of rotatable bonds is 3. The van der Waals surface area contributed by atoms with Crippen molar-refractivity contribution in [3.05, 3.63) is 65.7 Å². The molecule has 3 aromatic carbocycles. The maximum Gasteiger partial charge on any atom is 0.221 e. The molecule has 4 aromatic rings. The van der Waals surface area contributed by atoms with Crippen LogP contribution in [-0.4, -0.2) is 5.91 Å². The number of anilines is 3. The first kappa shape index (κ1) is 15.5. The maximum absolute atomic E-state index is 11.5. The van der Waals surface area contributed by atoms with Gasteiger partial charge in [0.25, 0.3) is 0 Å². The minimum absolute atomic E-state index is 0.145. The number of fused-ring (bicyclic) bond motifs is 3. The predicted octanol–water partition coefficient (Wildman–Crippen LogP) is 5.94. The fourth-order valence-electron chi connectivity index (χ4n) is 2.93. The first-order valence-electron chi connectivity index (χ1n) is 7.87. The number of hydrogen-bond acceptors (Lipinski definition) is 3. The Morgan fingerprint density at radius 2 is 1.64 bits per heavy atom. The first-order valence-corrected chi connectivity index (χ1v) is 8.24. The third kappa shape index (κ3) is 2.81. The molecule has 1 amide bonds. The molecular weight excluding hydrogens is 336 g/mol. The molecule has 0 saturated heterocycles. The Morgan fingerprint density at radius 1 is 0.920 bits per heavy atom. The molecule has 2 N–H and O–H groups in total. The highest BCUT2D eigenvalue weighted by Crippen LogP contribution is 2.40. The Hall–Kier alpha value is -2.98. The van der Waals surface area contributed by atoms with Crippen molar-refractivity contribution < 1.29 is 9.21 Å². The largest absolute Gasteiger partial charge is 0.454 e. The van der Waals surface area contributed by atoms with E-state index in [0.717, 1.165) is 27.7 Å². The standard InChI is InChI=1S/C20H15ClN2O2/c1-12(24)22-17-11-10-16(23-15-8-4-3-7-14(15)21)19-13-6-2-5-9-18(13)25-20(17)19/h2-11,23H,1H3,(H,22,24). The van der Waals surface area contributed by atoms with E-state index in [1.807, 2.05) is 60.7 Å². The molecule has 124 valence electrons. The molecule has 4 nitrogen and oxygen atoms in total. The number of amides is 1. The SMILES string of the molecule is CC(=O)Nc1ccc(Nc2ccccc2Cl)c2c1oc1ccccc12. The fraction of sp³-hybridized carbons (Fsp3) is 0.0500. The van der Waals surface area contributed by atoms with Gasteiger partial charge in [-0.15, -0.1) is 0 Å². The minimum Gasteiger partial charge on any atom is -0.454 e. The van der Waals surface area contributed by atoms with Crippen molar-refractivity contribution in [3.8, 4) is 0 Å². The molecule has 0 bridgehead atoms. The Morgan fingerprint density at radius 3 is 2.44 bits per heavy atom. The molecule has 0 unspecified atom stereocenters. The van der Waals surface area contributed by atoms with Gasteiger partial charge in [-0.1, -0.05) is 41.9 Å². The quantitative estimate of drug-likeness (QED) is 0.480. The van der Waals surface area contributed by atoms with Crippen LogP contribution in [0.15, 0.2) is 65.1 Å². The zero-order valence-corrected chi connectivity index (χ0v) is 14.2. The molecule has 0 atom stereocenters. The second kappa shape index (κ2) is 6.15. The summed E-state index contributed by atoms with van der Waals surface area (Å²) in [7, 11) is 0. The first-order chi connectivity index (χ1) is 12.1. The highest BCUT2D eigenvalue weighted by molar-refractivity contribution is 6.33. The van der Waals surface area contributed by atoms with Gasteiger partial charge in [-0.3, -0.25) is 4.79 Å². The van der Waals surface area contributed by atoms with Crippen molar-refractivity contribution in [1.82, 2.24) is 0 Å². The summed E-state index contributed by atoms with van der Waals surface area (Å²) in [5, 5.41) is 8.70. The van der Waals surface area contributed by atoms with Crippen molar-refractivity contribution in [3.63, 3.8) is 0 Å². The number of carbonyl (C=O) groups is 1. The molecule has 0 radical (unpaired) electrons. The molecule has 25 heavy (non-hydrogen) atoms. The van der Waals surface area contributed by atoms with Gasteiger partial charge in [0, 0.05) is 12.3 Å². The molecule has 0 fully saturated rings. The summed E-state index contributed by atoms with van der Waals surface area (Å²) >= 11 is 6.27. The van der Waals surface area contributed by atoms with Crippen molar-refractivity contribution in [2.24, 2.45) is 0 Å². The maximum atomic E-state index is 11.5. The lowest BCUT2D eigenvalue weighted by Crippen LogP contribution is -2.06. The van der Waals surface area contributed by atoms with E-state index in [9.17, 15) is 4.79 Å². The number of carbonyl (C=O) groups excluding carboxylic acids is 1. The predicted molar refractivity (Wildman–Crippen MR) is 103 cm³/mol. The van der Waals surface area contributed by atoms with Crippen LogP contribution >= 0.6 is 11.6 Å². The summed E-state index contributed by atoms with van der Waals surface area (Å²) < 4.78 is 6.01. The van der Waals surface area contributed by atoms with E-state index in [-0.39, 0.29) is 5.91 Å². The average molecular weight is 351 g/mol. The molecule has 5 heteroatoms. The Bertz CT molecular complexity index is 1100. The molecule has 1 aromatic heterocycles. The lowest BCUT2D eigenvalue weighted by atomic mass is 10.1. The molecule has 0 aliphatic carbocycles.